The van der Waals surface area contributed by atoms with Crippen molar-refractivity contribution in [3.05, 3.63) is 85.0 Å². The summed E-state index contributed by atoms with van der Waals surface area (Å²) in [5.41, 5.74) is 12.1. The summed E-state index contributed by atoms with van der Waals surface area (Å²) in [6.45, 7) is 7.66. The van der Waals surface area contributed by atoms with Crippen LogP contribution in [0.25, 0.3) is 20.2 Å². The van der Waals surface area contributed by atoms with Gasteiger partial charge in [0.1, 0.15) is 0 Å². The SMILES string of the molecule is C=C/C=C\C/C=C/C(N)c1cccc2c1sc1ccccc12.CC.CN. The van der Waals surface area contributed by atoms with E-state index in [4.69, 9.17) is 5.73 Å². The Morgan fingerprint density at radius 1 is 1.00 bits per heavy atom. The van der Waals surface area contributed by atoms with Crippen molar-refractivity contribution < 1.29 is 0 Å². The summed E-state index contributed by atoms with van der Waals surface area (Å²) >= 11 is 1.82. The molecule has 26 heavy (non-hydrogen) atoms. The molecule has 2 nitrogen and oxygen atoms in total. The molecule has 3 heteroatoms. The summed E-state index contributed by atoms with van der Waals surface area (Å²) in [5.74, 6) is 0. The maximum atomic E-state index is 6.37. The van der Waals surface area contributed by atoms with Gasteiger partial charge >= 0.3 is 0 Å². The molecule has 0 saturated heterocycles. The van der Waals surface area contributed by atoms with E-state index in [1.54, 1.807) is 6.08 Å². The Morgan fingerprint density at radius 2 is 1.69 bits per heavy atom. The van der Waals surface area contributed by atoms with Crippen LogP contribution in [0.4, 0.5) is 0 Å². The number of benzene rings is 2. The van der Waals surface area contributed by atoms with Gasteiger partial charge in [-0.15, -0.1) is 11.3 Å². The van der Waals surface area contributed by atoms with Gasteiger partial charge in [-0.2, -0.15) is 0 Å². The molecule has 0 radical (unpaired) electrons. The summed E-state index contributed by atoms with van der Waals surface area (Å²) in [6.07, 6.45) is 10.9. The number of thiophene rings is 1. The second-order valence-corrected chi connectivity index (χ2v) is 6.23. The number of hydrogen-bond donors (Lipinski definition) is 2. The van der Waals surface area contributed by atoms with Crippen LogP contribution in [0, 0.1) is 0 Å². The Morgan fingerprint density at radius 3 is 2.42 bits per heavy atom. The summed E-state index contributed by atoms with van der Waals surface area (Å²) in [7, 11) is 1.50. The molecule has 1 heterocycles. The van der Waals surface area contributed by atoms with Crippen LogP contribution < -0.4 is 11.5 Å². The van der Waals surface area contributed by atoms with E-state index in [0.29, 0.717) is 0 Å². The van der Waals surface area contributed by atoms with Crippen molar-refractivity contribution in [3.63, 3.8) is 0 Å². The highest BCUT2D eigenvalue weighted by molar-refractivity contribution is 7.26. The van der Waals surface area contributed by atoms with E-state index in [1.165, 1.54) is 32.8 Å². The Hall–Kier alpha value is -2.20. The third-order valence-corrected chi connectivity index (χ3v) is 4.92. The summed E-state index contributed by atoms with van der Waals surface area (Å²) in [4.78, 5) is 0. The van der Waals surface area contributed by atoms with Crippen molar-refractivity contribution in [2.24, 2.45) is 11.5 Å². The fourth-order valence-corrected chi connectivity index (χ4v) is 3.88. The molecule has 4 N–H and O–H groups in total. The van der Waals surface area contributed by atoms with Crippen molar-refractivity contribution in [1.82, 2.24) is 0 Å². The van der Waals surface area contributed by atoms with Crippen LogP contribution in [0.5, 0.6) is 0 Å². The number of allylic oxidation sites excluding steroid dienone is 4. The van der Waals surface area contributed by atoms with Crippen molar-refractivity contribution in [2.45, 2.75) is 26.3 Å². The van der Waals surface area contributed by atoms with E-state index >= 15 is 0 Å². The van der Waals surface area contributed by atoms with E-state index in [0.717, 1.165) is 6.42 Å². The lowest BCUT2D eigenvalue weighted by atomic mass is 10.0. The zero-order valence-corrected chi connectivity index (χ0v) is 16.8. The number of fused-ring (bicyclic) bond motifs is 3. The predicted molar refractivity (Wildman–Crippen MR) is 121 cm³/mol. The fraction of sp³-hybridized carbons (Fsp3) is 0.217. The van der Waals surface area contributed by atoms with Crippen LogP contribution in [-0.4, -0.2) is 7.05 Å². The number of rotatable bonds is 5. The standard InChI is InChI=1S/C20H19NS.C2H6.CH5N/c1-2-3-4-5-6-13-18(21)17-12-9-11-16-15-10-7-8-14-19(15)22-20(16)17;2*1-2/h2-4,6-14,18H,1,5,21H2;1-2H3;2H2,1H3/b4-3-,13-6+;;. The van der Waals surface area contributed by atoms with Gasteiger partial charge in [0, 0.05) is 26.2 Å². The van der Waals surface area contributed by atoms with E-state index < -0.39 is 0 Å². The third-order valence-electron chi connectivity index (χ3n) is 3.68. The van der Waals surface area contributed by atoms with Crippen molar-refractivity contribution in [2.75, 3.05) is 7.05 Å². The molecule has 3 rings (SSSR count). The summed E-state index contributed by atoms with van der Waals surface area (Å²) < 4.78 is 2.61. The van der Waals surface area contributed by atoms with Gasteiger partial charge in [0.2, 0.25) is 0 Å². The van der Waals surface area contributed by atoms with Crippen LogP contribution in [-0.2, 0) is 0 Å². The minimum absolute atomic E-state index is 0.0751. The molecule has 0 saturated carbocycles. The molecule has 0 aliphatic carbocycles. The first-order valence-corrected chi connectivity index (χ1v) is 9.80. The third kappa shape index (κ3) is 5.40. The average Bonchev–Trinajstić information content (AvgIpc) is 3.09. The van der Waals surface area contributed by atoms with Crippen LogP contribution in [0.1, 0.15) is 31.9 Å². The molecule has 2 aromatic carbocycles. The van der Waals surface area contributed by atoms with Crippen LogP contribution in [0.3, 0.4) is 0 Å². The van der Waals surface area contributed by atoms with Crippen molar-refractivity contribution in [3.8, 4) is 0 Å². The maximum absolute atomic E-state index is 6.37. The number of hydrogen-bond acceptors (Lipinski definition) is 3. The molecule has 0 spiro atoms. The zero-order valence-electron chi connectivity index (χ0n) is 16.0. The predicted octanol–water partition coefficient (Wildman–Crippen LogP) is 6.34. The number of nitrogens with two attached hydrogens (primary N) is 2. The minimum atomic E-state index is -0.0751. The topological polar surface area (TPSA) is 52.0 Å². The van der Waals surface area contributed by atoms with E-state index in [1.807, 2.05) is 31.3 Å². The second kappa shape index (κ2) is 12.2. The van der Waals surface area contributed by atoms with E-state index in [-0.39, 0.29) is 6.04 Å². The lowest BCUT2D eigenvalue weighted by Gasteiger charge is -2.08. The molecule has 0 amide bonds. The molecule has 138 valence electrons. The summed E-state index contributed by atoms with van der Waals surface area (Å²) in [6, 6.07) is 14.9. The average molecular weight is 367 g/mol. The summed E-state index contributed by atoms with van der Waals surface area (Å²) in [5, 5.41) is 2.61. The first-order chi connectivity index (χ1) is 12.8. The minimum Gasteiger partial charge on any atom is -0.333 e. The molecular formula is C23H30N2S. The smallest absolute Gasteiger partial charge is 0.0495 e. The van der Waals surface area contributed by atoms with Crippen molar-refractivity contribution in [1.29, 1.82) is 0 Å². The largest absolute Gasteiger partial charge is 0.333 e. The normalized spacial score (nSPS) is 11.9. The van der Waals surface area contributed by atoms with Crippen LogP contribution in [0.2, 0.25) is 0 Å². The van der Waals surface area contributed by atoms with Gasteiger partial charge in [0.15, 0.2) is 0 Å². The Kier molecular flexibility index (Phi) is 10.3. The molecule has 3 aromatic rings. The van der Waals surface area contributed by atoms with Gasteiger partial charge < -0.3 is 11.5 Å². The van der Waals surface area contributed by atoms with Gasteiger partial charge in [-0.1, -0.05) is 87.2 Å². The lowest BCUT2D eigenvalue weighted by Crippen LogP contribution is -2.06. The highest BCUT2D eigenvalue weighted by Crippen LogP contribution is 2.37. The van der Waals surface area contributed by atoms with Gasteiger partial charge in [-0.25, -0.2) is 0 Å². The molecule has 1 atom stereocenters. The van der Waals surface area contributed by atoms with Gasteiger partial charge in [0.25, 0.3) is 0 Å². The van der Waals surface area contributed by atoms with Gasteiger partial charge in [-0.05, 0) is 25.1 Å². The van der Waals surface area contributed by atoms with Gasteiger partial charge in [-0.3, -0.25) is 0 Å². The maximum Gasteiger partial charge on any atom is 0.0495 e. The van der Waals surface area contributed by atoms with Gasteiger partial charge in [0.05, 0.1) is 0 Å². The molecule has 1 aromatic heterocycles. The first-order valence-electron chi connectivity index (χ1n) is 8.99. The molecule has 0 aliphatic heterocycles. The quantitative estimate of drug-likeness (QED) is 0.408. The zero-order chi connectivity index (χ0) is 19.4. The van der Waals surface area contributed by atoms with E-state index in [2.05, 4.69) is 73.0 Å². The molecule has 0 fully saturated rings. The lowest BCUT2D eigenvalue weighted by molar-refractivity contribution is 0.919. The molecule has 0 bridgehead atoms. The van der Waals surface area contributed by atoms with E-state index in [9.17, 15) is 0 Å². The molecular weight excluding hydrogens is 336 g/mol. The Bertz CT molecular complexity index is 859. The highest BCUT2D eigenvalue weighted by atomic mass is 32.1. The monoisotopic (exact) mass is 366 g/mol. The Labute approximate surface area is 161 Å². The highest BCUT2D eigenvalue weighted by Gasteiger charge is 2.11. The van der Waals surface area contributed by atoms with Crippen LogP contribution >= 0.6 is 11.3 Å². The first kappa shape index (κ1) is 21.8. The molecule has 1 unspecified atom stereocenters. The second-order valence-electron chi connectivity index (χ2n) is 5.18. The molecule has 0 aliphatic rings. The van der Waals surface area contributed by atoms with Crippen molar-refractivity contribution >= 4 is 31.5 Å². The Balaban J connectivity index is 0.000000791. The van der Waals surface area contributed by atoms with Crippen LogP contribution in [0.15, 0.2) is 79.4 Å². The fourth-order valence-electron chi connectivity index (χ4n) is 2.61.